The lowest BCUT2D eigenvalue weighted by atomic mass is 10.1. The van der Waals surface area contributed by atoms with E-state index in [1.807, 2.05) is 0 Å². The Balaban J connectivity index is 2.09. The van der Waals surface area contributed by atoms with Crippen LogP contribution in [0.5, 0.6) is 0 Å². The van der Waals surface area contributed by atoms with Crippen LogP contribution in [0.4, 0.5) is 0 Å². The van der Waals surface area contributed by atoms with Gasteiger partial charge in [0.1, 0.15) is 0 Å². The Labute approximate surface area is 84.2 Å². The molecule has 1 heterocycles. The highest BCUT2D eigenvalue weighted by atomic mass is 16.5. The van der Waals surface area contributed by atoms with Gasteiger partial charge in [-0.3, -0.25) is 4.79 Å². The highest BCUT2D eigenvalue weighted by Gasteiger charge is 2.16. The molecular formula is C10H18O4. The largest absolute Gasteiger partial charge is 0.481 e. The predicted octanol–water partition coefficient (Wildman–Crippen LogP) is 1.44. The van der Waals surface area contributed by atoms with E-state index in [4.69, 9.17) is 14.6 Å². The molecule has 1 saturated heterocycles. The van der Waals surface area contributed by atoms with Crippen LogP contribution in [0.25, 0.3) is 0 Å². The summed E-state index contributed by atoms with van der Waals surface area (Å²) in [6.07, 6.45) is 3.34. The molecule has 1 aliphatic rings. The second-order valence-electron chi connectivity index (χ2n) is 3.73. The Morgan fingerprint density at radius 1 is 1.64 bits per heavy atom. The molecule has 1 aliphatic heterocycles. The Bertz CT molecular complexity index is 175. The first-order chi connectivity index (χ1) is 6.68. The van der Waals surface area contributed by atoms with Gasteiger partial charge in [0.2, 0.25) is 0 Å². The molecule has 14 heavy (non-hydrogen) atoms. The van der Waals surface area contributed by atoms with Gasteiger partial charge in [0.05, 0.1) is 25.2 Å². The zero-order valence-corrected chi connectivity index (χ0v) is 8.57. The van der Waals surface area contributed by atoms with Gasteiger partial charge in [-0.25, -0.2) is 0 Å². The van der Waals surface area contributed by atoms with Gasteiger partial charge in [-0.2, -0.15) is 0 Å². The van der Waals surface area contributed by atoms with E-state index >= 15 is 0 Å². The summed E-state index contributed by atoms with van der Waals surface area (Å²) in [6, 6.07) is 0. The van der Waals surface area contributed by atoms with Crippen molar-refractivity contribution in [2.75, 3.05) is 13.2 Å². The quantitative estimate of drug-likeness (QED) is 0.732. The molecule has 1 unspecified atom stereocenters. The van der Waals surface area contributed by atoms with Crippen LogP contribution >= 0.6 is 0 Å². The summed E-state index contributed by atoms with van der Waals surface area (Å²) in [5.41, 5.74) is 0. The molecule has 0 aromatic carbocycles. The van der Waals surface area contributed by atoms with Gasteiger partial charge in [-0.1, -0.05) is 0 Å². The molecule has 0 bridgehead atoms. The fourth-order valence-corrected chi connectivity index (χ4v) is 1.52. The van der Waals surface area contributed by atoms with Gasteiger partial charge in [0.15, 0.2) is 0 Å². The molecule has 0 radical (unpaired) electrons. The fourth-order valence-electron chi connectivity index (χ4n) is 1.52. The van der Waals surface area contributed by atoms with E-state index < -0.39 is 5.97 Å². The summed E-state index contributed by atoms with van der Waals surface area (Å²) in [4.78, 5) is 10.3. The van der Waals surface area contributed by atoms with Crippen molar-refractivity contribution in [3.8, 4) is 0 Å². The molecular weight excluding hydrogens is 184 g/mol. The number of aliphatic carboxylic acids is 1. The predicted molar refractivity (Wildman–Crippen MR) is 51.3 cm³/mol. The molecule has 4 nitrogen and oxygen atoms in total. The average Bonchev–Trinajstić information content (AvgIpc) is 2.15. The second kappa shape index (κ2) is 5.98. The molecule has 0 aromatic rings. The van der Waals surface area contributed by atoms with Crippen molar-refractivity contribution in [1.29, 1.82) is 0 Å². The Kier molecular flexibility index (Phi) is 4.90. The topological polar surface area (TPSA) is 55.8 Å². The van der Waals surface area contributed by atoms with Crippen molar-refractivity contribution in [3.05, 3.63) is 0 Å². The molecule has 0 aromatic heterocycles. The van der Waals surface area contributed by atoms with E-state index in [-0.39, 0.29) is 18.6 Å². The molecule has 1 rings (SSSR count). The summed E-state index contributed by atoms with van der Waals surface area (Å²) in [5, 5.41) is 8.51. The van der Waals surface area contributed by atoms with E-state index in [2.05, 4.69) is 0 Å². The molecule has 2 atom stereocenters. The van der Waals surface area contributed by atoms with Crippen LogP contribution in [0.2, 0.25) is 0 Å². The number of carboxylic acids is 1. The first kappa shape index (κ1) is 11.5. The summed E-state index contributed by atoms with van der Waals surface area (Å²) >= 11 is 0. The minimum absolute atomic E-state index is 0.0622. The normalized spacial score (nSPS) is 24.5. The van der Waals surface area contributed by atoms with Gasteiger partial charge in [0.25, 0.3) is 0 Å². The van der Waals surface area contributed by atoms with Crippen molar-refractivity contribution in [2.45, 2.75) is 44.8 Å². The Morgan fingerprint density at radius 3 is 3.00 bits per heavy atom. The zero-order chi connectivity index (χ0) is 10.4. The van der Waals surface area contributed by atoms with Crippen molar-refractivity contribution in [2.24, 2.45) is 0 Å². The molecule has 0 spiro atoms. The van der Waals surface area contributed by atoms with E-state index in [1.165, 1.54) is 6.42 Å². The minimum Gasteiger partial charge on any atom is -0.481 e. The van der Waals surface area contributed by atoms with Crippen molar-refractivity contribution >= 4 is 5.97 Å². The monoisotopic (exact) mass is 202 g/mol. The molecule has 0 saturated carbocycles. The first-order valence-corrected chi connectivity index (χ1v) is 5.13. The van der Waals surface area contributed by atoms with E-state index in [9.17, 15) is 4.79 Å². The zero-order valence-electron chi connectivity index (χ0n) is 8.57. The van der Waals surface area contributed by atoms with Crippen molar-refractivity contribution in [3.63, 3.8) is 0 Å². The maximum absolute atomic E-state index is 10.3. The Morgan fingerprint density at radius 2 is 2.43 bits per heavy atom. The van der Waals surface area contributed by atoms with Crippen LogP contribution in [0.15, 0.2) is 0 Å². The third-order valence-corrected chi connectivity index (χ3v) is 2.30. The van der Waals surface area contributed by atoms with Crippen LogP contribution < -0.4 is 0 Å². The summed E-state index contributed by atoms with van der Waals surface area (Å²) in [7, 11) is 0. The van der Waals surface area contributed by atoms with Gasteiger partial charge < -0.3 is 14.6 Å². The standard InChI is InChI=1S/C10H18O4/c1-8(6-10(11)12)14-7-9-4-2-3-5-13-9/h8-9H,2-7H2,1H3,(H,11,12)/t8-,9?/m1/s1. The highest BCUT2D eigenvalue weighted by molar-refractivity contribution is 5.67. The summed E-state index contributed by atoms with van der Waals surface area (Å²) in [6.45, 7) is 3.10. The fraction of sp³-hybridized carbons (Fsp3) is 0.900. The Hall–Kier alpha value is -0.610. The van der Waals surface area contributed by atoms with Crippen LogP contribution in [-0.4, -0.2) is 36.5 Å². The second-order valence-corrected chi connectivity index (χ2v) is 3.73. The van der Waals surface area contributed by atoms with E-state index in [0.717, 1.165) is 19.4 Å². The maximum Gasteiger partial charge on any atom is 0.305 e. The van der Waals surface area contributed by atoms with Crippen LogP contribution in [-0.2, 0) is 14.3 Å². The van der Waals surface area contributed by atoms with Crippen LogP contribution in [0.3, 0.4) is 0 Å². The maximum atomic E-state index is 10.3. The molecule has 4 heteroatoms. The lowest BCUT2D eigenvalue weighted by molar-refractivity contribution is -0.141. The first-order valence-electron chi connectivity index (χ1n) is 5.13. The molecule has 1 fully saturated rings. The molecule has 0 aliphatic carbocycles. The number of hydrogen-bond donors (Lipinski definition) is 1. The van der Waals surface area contributed by atoms with Crippen molar-refractivity contribution < 1.29 is 19.4 Å². The molecule has 1 N–H and O–H groups in total. The van der Waals surface area contributed by atoms with Crippen molar-refractivity contribution in [1.82, 2.24) is 0 Å². The average molecular weight is 202 g/mol. The lowest BCUT2D eigenvalue weighted by Gasteiger charge is -2.23. The van der Waals surface area contributed by atoms with Gasteiger partial charge >= 0.3 is 5.97 Å². The van der Waals surface area contributed by atoms with Gasteiger partial charge in [0, 0.05) is 6.61 Å². The van der Waals surface area contributed by atoms with Gasteiger partial charge in [-0.15, -0.1) is 0 Å². The SMILES string of the molecule is C[C@H](CC(=O)O)OCC1CCCCO1. The summed E-state index contributed by atoms with van der Waals surface area (Å²) in [5.74, 6) is -0.818. The number of carboxylic acid groups (broad SMARTS) is 1. The lowest BCUT2D eigenvalue weighted by Crippen LogP contribution is -2.27. The summed E-state index contributed by atoms with van der Waals surface area (Å²) < 4.78 is 10.8. The number of hydrogen-bond acceptors (Lipinski definition) is 3. The van der Waals surface area contributed by atoms with E-state index in [0.29, 0.717) is 6.61 Å². The molecule has 82 valence electrons. The van der Waals surface area contributed by atoms with Gasteiger partial charge in [-0.05, 0) is 26.2 Å². The van der Waals surface area contributed by atoms with E-state index in [1.54, 1.807) is 6.92 Å². The third-order valence-electron chi connectivity index (χ3n) is 2.30. The smallest absolute Gasteiger partial charge is 0.305 e. The highest BCUT2D eigenvalue weighted by Crippen LogP contribution is 2.13. The number of carbonyl (C=O) groups is 1. The minimum atomic E-state index is -0.818. The number of ether oxygens (including phenoxy) is 2. The molecule has 0 amide bonds. The van der Waals surface area contributed by atoms with Crippen LogP contribution in [0.1, 0.15) is 32.6 Å². The van der Waals surface area contributed by atoms with Crippen LogP contribution in [0, 0.1) is 0 Å². The third kappa shape index (κ3) is 4.58. The number of rotatable bonds is 5.